The number of ketones is 1. The third-order valence-corrected chi connectivity index (χ3v) is 2.89. The molecule has 0 fully saturated rings. The van der Waals surface area contributed by atoms with Gasteiger partial charge in [-0.2, -0.15) is 0 Å². The molecule has 0 spiro atoms. The number of benzene rings is 2. The van der Waals surface area contributed by atoms with Crippen molar-refractivity contribution < 1.29 is 13.6 Å². The number of halogens is 2. The van der Waals surface area contributed by atoms with Crippen LogP contribution in [0, 0.1) is 11.6 Å². The molecule has 0 aliphatic carbocycles. The second kappa shape index (κ2) is 5.71. The molecule has 1 unspecified atom stereocenters. The maximum Gasteiger partial charge on any atom is 0.169 e. The van der Waals surface area contributed by atoms with Crippen molar-refractivity contribution in [1.29, 1.82) is 0 Å². The Morgan fingerprint density at radius 2 is 1.74 bits per heavy atom. The molecule has 0 bridgehead atoms. The molecular formula is C15H13F2NO. The molecule has 2 aromatic rings. The van der Waals surface area contributed by atoms with Gasteiger partial charge in [-0.25, -0.2) is 8.78 Å². The van der Waals surface area contributed by atoms with Crippen molar-refractivity contribution in [3.05, 3.63) is 71.3 Å². The molecule has 19 heavy (non-hydrogen) atoms. The van der Waals surface area contributed by atoms with Gasteiger partial charge in [-0.1, -0.05) is 36.4 Å². The molecule has 4 heteroatoms. The quantitative estimate of drug-likeness (QED) is 0.858. The second-order valence-electron chi connectivity index (χ2n) is 4.25. The molecule has 0 heterocycles. The second-order valence-corrected chi connectivity index (χ2v) is 4.25. The minimum absolute atomic E-state index is 0.0651. The lowest BCUT2D eigenvalue weighted by Gasteiger charge is -2.11. The lowest BCUT2D eigenvalue weighted by molar-refractivity contribution is 0.0969. The van der Waals surface area contributed by atoms with Gasteiger partial charge in [0.15, 0.2) is 17.4 Å². The smallest absolute Gasteiger partial charge is 0.169 e. The molecule has 0 aliphatic rings. The summed E-state index contributed by atoms with van der Waals surface area (Å²) in [4.78, 5) is 11.9. The summed E-state index contributed by atoms with van der Waals surface area (Å²) in [5.74, 6) is -2.65. The van der Waals surface area contributed by atoms with Gasteiger partial charge >= 0.3 is 0 Å². The van der Waals surface area contributed by atoms with E-state index in [2.05, 4.69) is 0 Å². The molecule has 2 aromatic carbocycles. The third kappa shape index (κ3) is 3.03. The van der Waals surface area contributed by atoms with Crippen LogP contribution in [0.15, 0.2) is 48.5 Å². The van der Waals surface area contributed by atoms with Crippen molar-refractivity contribution in [1.82, 2.24) is 0 Å². The van der Waals surface area contributed by atoms with E-state index < -0.39 is 23.5 Å². The van der Waals surface area contributed by atoms with Gasteiger partial charge in [0, 0.05) is 12.5 Å². The minimum Gasteiger partial charge on any atom is -0.324 e. The van der Waals surface area contributed by atoms with Crippen molar-refractivity contribution in [2.24, 2.45) is 5.73 Å². The predicted molar refractivity (Wildman–Crippen MR) is 68.7 cm³/mol. The highest BCUT2D eigenvalue weighted by Gasteiger charge is 2.18. The first-order chi connectivity index (χ1) is 9.09. The first-order valence-electron chi connectivity index (χ1n) is 5.87. The van der Waals surface area contributed by atoms with Crippen LogP contribution in [0.25, 0.3) is 0 Å². The van der Waals surface area contributed by atoms with Gasteiger partial charge in [0.05, 0.1) is 5.56 Å². The van der Waals surface area contributed by atoms with Gasteiger partial charge < -0.3 is 5.73 Å². The van der Waals surface area contributed by atoms with E-state index in [9.17, 15) is 13.6 Å². The Hall–Kier alpha value is -2.07. The molecular weight excluding hydrogens is 248 g/mol. The first-order valence-corrected chi connectivity index (χ1v) is 5.87. The van der Waals surface area contributed by atoms with Gasteiger partial charge in [0.1, 0.15) is 0 Å². The Morgan fingerprint density at radius 3 is 2.42 bits per heavy atom. The van der Waals surface area contributed by atoms with Crippen LogP contribution in [0.3, 0.4) is 0 Å². The van der Waals surface area contributed by atoms with Crippen LogP contribution < -0.4 is 5.73 Å². The normalized spacial score (nSPS) is 12.2. The molecule has 0 amide bonds. The molecule has 2 nitrogen and oxygen atoms in total. The number of carbonyl (C=O) groups excluding carboxylic acids is 1. The van der Waals surface area contributed by atoms with Crippen molar-refractivity contribution in [2.45, 2.75) is 12.5 Å². The molecule has 2 N–H and O–H groups in total. The van der Waals surface area contributed by atoms with Crippen LogP contribution in [0.4, 0.5) is 8.78 Å². The standard InChI is InChI=1S/C15H13F2NO/c16-12-8-4-7-11(15(12)17)14(19)9-13(18)10-5-2-1-3-6-10/h1-8,13H,9,18H2. The van der Waals surface area contributed by atoms with Crippen molar-refractivity contribution in [2.75, 3.05) is 0 Å². The lowest BCUT2D eigenvalue weighted by Crippen LogP contribution is -2.16. The van der Waals surface area contributed by atoms with Crippen molar-refractivity contribution in [3.8, 4) is 0 Å². The third-order valence-electron chi connectivity index (χ3n) is 2.89. The highest BCUT2D eigenvalue weighted by molar-refractivity contribution is 5.96. The fraction of sp³-hybridized carbons (Fsp3) is 0.133. The van der Waals surface area contributed by atoms with Crippen LogP contribution in [0.1, 0.15) is 28.4 Å². The number of hydrogen-bond acceptors (Lipinski definition) is 2. The molecule has 0 aromatic heterocycles. The number of rotatable bonds is 4. The summed E-state index contributed by atoms with van der Waals surface area (Å²) in [6, 6.07) is 12.0. The first kappa shape index (κ1) is 13.4. The van der Waals surface area contributed by atoms with E-state index in [0.29, 0.717) is 0 Å². The Bertz CT molecular complexity index is 584. The summed E-state index contributed by atoms with van der Waals surface area (Å²) in [6.45, 7) is 0. The zero-order chi connectivity index (χ0) is 13.8. The summed E-state index contributed by atoms with van der Waals surface area (Å²) in [5, 5.41) is 0. The van der Waals surface area contributed by atoms with E-state index in [1.807, 2.05) is 18.2 Å². The Labute approximate surface area is 109 Å². The molecule has 0 saturated heterocycles. The van der Waals surface area contributed by atoms with Gasteiger partial charge in [-0.15, -0.1) is 0 Å². The molecule has 0 radical (unpaired) electrons. The summed E-state index contributed by atoms with van der Waals surface area (Å²) in [6.07, 6.45) is -0.0651. The monoisotopic (exact) mass is 261 g/mol. The molecule has 0 saturated carbocycles. The van der Waals surface area contributed by atoms with E-state index in [0.717, 1.165) is 11.6 Å². The molecule has 98 valence electrons. The summed E-state index contributed by atoms with van der Waals surface area (Å²) in [5.41, 5.74) is 6.41. The fourth-order valence-electron chi connectivity index (χ4n) is 1.85. The van der Waals surface area contributed by atoms with Crippen LogP contribution in [0.5, 0.6) is 0 Å². The Balaban J connectivity index is 2.16. The Morgan fingerprint density at radius 1 is 1.05 bits per heavy atom. The average molecular weight is 261 g/mol. The highest BCUT2D eigenvalue weighted by atomic mass is 19.2. The molecule has 1 atom stereocenters. The minimum atomic E-state index is -1.12. The fourth-order valence-corrected chi connectivity index (χ4v) is 1.85. The lowest BCUT2D eigenvalue weighted by atomic mass is 9.98. The van der Waals surface area contributed by atoms with E-state index in [-0.39, 0.29) is 12.0 Å². The molecule has 2 rings (SSSR count). The maximum absolute atomic E-state index is 13.5. The summed E-state index contributed by atoms with van der Waals surface area (Å²) < 4.78 is 26.5. The number of carbonyl (C=O) groups is 1. The number of hydrogen-bond donors (Lipinski definition) is 1. The van der Waals surface area contributed by atoms with Crippen LogP contribution >= 0.6 is 0 Å². The Kier molecular flexibility index (Phi) is 4.02. The number of Topliss-reactive ketones (excluding diaryl/α,β-unsaturated/α-hetero) is 1. The van der Waals surface area contributed by atoms with Gasteiger partial charge in [-0.3, -0.25) is 4.79 Å². The number of nitrogens with two attached hydrogens (primary N) is 1. The van der Waals surface area contributed by atoms with Gasteiger partial charge in [0.25, 0.3) is 0 Å². The summed E-state index contributed by atoms with van der Waals surface area (Å²) >= 11 is 0. The van der Waals surface area contributed by atoms with E-state index in [4.69, 9.17) is 5.73 Å². The topological polar surface area (TPSA) is 43.1 Å². The van der Waals surface area contributed by atoms with E-state index >= 15 is 0 Å². The summed E-state index contributed by atoms with van der Waals surface area (Å²) in [7, 11) is 0. The predicted octanol–water partition coefficient (Wildman–Crippen LogP) is 3.24. The molecule has 0 aliphatic heterocycles. The van der Waals surface area contributed by atoms with Crippen LogP contribution in [-0.4, -0.2) is 5.78 Å². The average Bonchev–Trinajstić information content (AvgIpc) is 2.42. The highest BCUT2D eigenvalue weighted by Crippen LogP contribution is 2.19. The zero-order valence-electron chi connectivity index (χ0n) is 10.1. The maximum atomic E-state index is 13.5. The van der Waals surface area contributed by atoms with Crippen LogP contribution in [0.2, 0.25) is 0 Å². The van der Waals surface area contributed by atoms with Crippen molar-refractivity contribution >= 4 is 5.78 Å². The van der Waals surface area contributed by atoms with Crippen molar-refractivity contribution in [3.63, 3.8) is 0 Å². The van der Waals surface area contributed by atoms with Crippen LogP contribution in [-0.2, 0) is 0 Å². The SMILES string of the molecule is NC(CC(=O)c1cccc(F)c1F)c1ccccc1. The van der Waals surface area contributed by atoms with E-state index in [1.54, 1.807) is 12.1 Å². The zero-order valence-corrected chi connectivity index (χ0v) is 10.1. The van der Waals surface area contributed by atoms with Gasteiger partial charge in [0.2, 0.25) is 0 Å². The van der Waals surface area contributed by atoms with E-state index in [1.165, 1.54) is 12.1 Å². The van der Waals surface area contributed by atoms with Gasteiger partial charge in [-0.05, 0) is 17.7 Å². The largest absolute Gasteiger partial charge is 0.324 e.